The molecule has 0 aliphatic rings. The van der Waals surface area contributed by atoms with Crippen LogP contribution in [0.4, 0.5) is 11.5 Å². The highest BCUT2D eigenvalue weighted by Gasteiger charge is 2.26. The molecule has 0 aliphatic heterocycles. The van der Waals surface area contributed by atoms with Gasteiger partial charge in [-0.25, -0.2) is 9.78 Å². The molecule has 0 fully saturated rings. The van der Waals surface area contributed by atoms with Gasteiger partial charge < -0.3 is 4.84 Å². The second-order valence-corrected chi connectivity index (χ2v) is 5.21. The third-order valence-corrected chi connectivity index (χ3v) is 2.21. The van der Waals surface area contributed by atoms with E-state index in [9.17, 15) is 14.9 Å². The lowest BCUT2D eigenvalue weighted by Gasteiger charge is -2.22. The van der Waals surface area contributed by atoms with E-state index in [1.807, 2.05) is 0 Å². The fourth-order valence-corrected chi connectivity index (χ4v) is 1.14. The van der Waals surface area contributed by atoms with E-state index < -0.39 is 22.0 Å². The molecule has 0 amide bonds. The van der Waals surface area contributed by atoms with E-state index in [0.717, 1.165) is 11.4 Å². The Balaban J connectivity index is 2.85. The van der Waals surface area contributed by atoms with E-state index in [-0.39, 0.29) is 11.1 Å². The summed E-state index contributed by atoms with van der Waals surface area (Å²) in [7, 11) is 1.36. The van der Waals surface area contributed by atoms with Crippen molar-refractivity contribution in [3.63, 3.8) is 0 Å². The van der Waals surface area contributed by atoms with Crippen molar-refractivity contribution in [2.75, 3.05) is 12.5 Å². The Bertz CT molecular complexity index is 531. The molecule has 110 valence electrons. The van der Waals surface area contributed by atoms with Crippen LogP contribution in [0.3, 0.4) is 0 Å². The molecular weight excluding hydrogens is 290 g/mol. The van der Waals surface area contributed by atoms with Gasteiger partial charge in [-0.1, -0.05) is 5.17 Å². The summed E-state index contributed by atoms with van der Waals surface area (Å²) in [6.45, 7) is 5.02. The van der Waals surface area contributed by atoms with Gasteiger partial charge in [-0.15, -0.1) is 0 Å². The van der Waals surface area contributed by atoms with Crippen LogP contribution in [0.5, 0.6) is 0 Å². The molecule has 1 rings (SSSR count). The number of nitrogens with zero attached hydrogens (tertiary/aromatic N) is 4. The summed E-state index contributed by atoms with van der Waals surface area (Å²) in [4.78, 5) is 33.9. The first-order chi connectivity index (χ1) is 9.11. The average molecular weight is 304 g/mol. The monoisotopic (exact) mass is 303 g/mol. The zero-order chi connectivity index (χ0) is 15.5. The van der Waals surface area contributed by atoms with E-state index in [1.165, 1.54) is 7.05 Å². The summed E-state index contributed by atoms with van der Waals surface area (Å²) in [6.07, 6.45) is 0.955. The molecule has 1 aromatic rings. The van der Waals surface area contributed by atoms with Crippen LogP contribution in [0, 0.1) is 15.5 Å². The lowest BCUT2D eigenvalue weighted by Crippen LogP contribution is -2.34. The van der Waals surface area contributed by atoms with Crippen LogP contribution in [0.2, 0.25) is 5.28 Å². The Labute approximate surface area is 120 Å². The molecule has 1 N–H and O–H groups in total. The number of aromatic nitrogens is 2. The summed E-state index contributed by atoms with van der Waals surface area (Å²) in [6, 6.07) is 0. The minimum Gasteiger partial charge on any atom is -0.348 e. The number of halogens is 1. The molecule has 1 aromatic heterocycles. The van der Waals surface area contributed by atoms with Gasteiger partial charge in [0, 0.05) is 7.05 Å². The normalized spacial score (nSPS) is 11.3. The maximum absolute atomic E-state index is 11.7. The minimum absolute atomic E-state index is 0.173. The van der Waals surface area contributed by atoms with Crippen molar-refractivity contribution in [2.45, 2.75) is 20.8 Å². The lowest BCUT2D eigenvalue weighted by atomic mass is 9.98. The van der Waals surface area contributed by atoms with Crippen LogP contribution in [0.25, 0.3) is 0 Å². The average Bonchev–Trinajstić information content (AvgIpc) is 2.26. The van der Waals surface area contributed by atoms with Crippen molar-refractivity contribution >= 4 is 29.1 Å². The lowest BCUT2D eigenvalue weighted by molar-refractivity contribution is -0.384. The zero-order valence-electron chi connectivity index (χ0n) is 11.4. The van der Waals surface area contributed by atoms with Gasteiger partial charge in [0.05, 0.1) is 10.3 Å². The first-order valence-electron chi connectivity index (χ1n) is 5.51. The highest BCUT2D eigenvalue weighted by atomic mass is 35.5. The number of carbonyl (C=O) groups excluding carboxylic acids is 1. The summed E-state index contributed by atoms with van der Waals surface area (Å²) in [5.74, 6) is -0.700. The second kappa shape index (κ2) is 5.97. The quantitative estimate of drug-likeness (QED) is 0.509. The smallest absolute Gasteiger partial charge is 0.332 e. The van der Waals surface area contributed by atoms with Crippen molar-refractivity contribution in [3.8, 4) is 0 Å². The maximum Gasteiger partial charge on any atom is 0.332 e. The number of hydroxylamine groups is 1. The number of hydrazine groups is 1. The third-order valence-electron chi connectivity index (χ3n) is 2.03. The molecule has 0 saturated carbocycles. The molecule has 1 heterocycles. The fraction of sp³-hybridized carbons (Fsp3) is 0.500. The van der Waals surface area contributed by atoms with Gasteiger partial charge >= 0.3 is 11.7 Å². The third kappa shape index (κ3) is 4.28. The predicted octanol–water partition coefficient (Wildman–Crippen LogP) is 1.80. The van der Waals surface area contributed by atoms with E-state index >= 15 is 0 Å². The van der Waals surface area contributed by atoms with Crippen molar-refractivity contribution in [2.24, 2.45) is 5.41 Å². The molecule has 0 aliphatic carbocycles. The molecule has 0 radical (unpaired) electrons. The van der Waals surface area contributed by atoms with Crippen LogP contribution in [-0.4, -0.2) is 33.1 Å². The topological polar surface area (TPSA) is 110 Å². The van der Waals surface area contributed by atoms with Gasteiger partial charge in [0.25, 0.3) is 0 Å². The molecule has 0 atom stereocenters. The largest absolute Gasteiger partial charge is 0.348 e. The molecule has 0 unspecified atom stereocenters. The summed E-state index contributed by atoms with van der Waals surface area (Å²) in [5, 5.41) is 11.6. The van der Waals surface area contributed by atoms with Crippen LogP contribution < -0.4 is 5.43 Å². The maximum atomic E-state index is 11.7. The Kier molecular flexibility index (Phi) is 4.79. The SMILES string of the molecule is CN(Nc1nc(Cl)ncc1[N+](=O)[O-])OC(=O)C(C)(C)C. The summed E-state index contributed by atoms with van der Waals surface area (Å²) >= 11 is 5.57. The van der Waals surface area contributed by atoms with Gasteiger partial charge in [0.2, 0.25) is 11.1 Å². The number of anilines is 1. The van der Waals surface area contributed by atoms with Crippen molar-refractivity contribution < 1.29 is 14.6 Å². The number of hydrogen-bond donors (Lipinski definition) is 1. The minimum atomic E-state index is -0.717. The van der Waals surface area contributed by atoms with Crippen LogP contribution in [0.1, 0.15) is 20.8 Å². The van der Waals surface area contributed by atoms with Gasteiger partial charge in [-0.2, -0.15) is 4.98 Å². The number of rotatable bonds is 4. The van der Waals surface area contributed by atoms with Crippen molar-refractivity contribution in [3.05, 3.63) is 21.6 Å². The van der Waals surface area contributed by atoms with Gasteiger partial charge in [-0.3, -0.25) is 15.5 Å². The van der Waals surface area contributed by atoms with E-state index in [0.29, 0.717) is 0 Å². The first-order valence-corrected chi connectivity index (χ1v) is 5.89. The number of nitrogens with one attached hydrogen (secondary N) is 1. The van der Waals surface area contributed by atoms with E-state index in [1.54, 1.807) is 20.8 Å². The zero-order valence-corrected chi connectivity index (χ0v) is 12.1. The molecule has 9 nitrogen and oxygen atoms in total. The Hall–Kier alpha value is -2.00. The molecule has 10 heteroatoms. The highest BCUT2D eigenvalue weighted by Crippen LogP contribution is 2.23. The molecule has 0 spiro atoms. The summed E-state index contributed by atoms with van der Waals surface area (Å²) < 4.78 is 0. The number of nitro groups is 1. The van der Waals surface area contributed by atoms with Gasteiger partial charge in [-0.05, 0) is 32.4 Å². The van der Waals surface area contributed by atoms with E-state index in [2.05, 4.69) is 15.4 Å². The predicted molar refractivity (Wildman–Crippen MR) is 70.6 cm³/mol. The molecule has 0 bridgehead atoms. The van der Waals surface area contributed by atoms with Crippen LogP contribution >= 0.6 is 11.6 Å². The van der Waals surface area contributed by atoms with Gasteiger partial charge in [0.1, 0.15) is 6.20 Å². The van der Waals surface area contributed by atoms with Gasteiger partial charge in [0.15, 0.2) is 0 Å². The standard InChI is InChI=1S/C10H14ClN5O4/c1-10(2,3)8(17)20-15(4)14-7-6(16(18)19)5-12-9(11)13-7/h5H,1-4H3,(H,12,13,14). The van der Waals surface area contributed by atoms with Crippen molar-refractivity contribution in [1.82, 2.24) is 15.1 Å². The fourth-order valence-electron chi connectivity index (χ4n) is 1.00. The highest BCUT2D eigenvalue weighted by molar-refractivity contribution is 6.28. The molecule has 0 aromatic carbocycles. The Morgan fingerprint density at radius 2 is 2.15 bits per heavy atom. The first kappa shape index (κ1) is 16.1. The Morgan fingerprint density at radius 3 is 2.65 bits per heavy atom. The van der Waals surface area contributed by atoms with Crippen molar-refractivity contribution in [1.29, 1.82) is 0 Å². The summed E-state index contributed by atoms with van der Waals surface area (Å²) in [5.41, 5.74) is 1.34. The van der Waals surface area contributed by atoms with Crippen LogP contribution in [0.15, 0.2) is 6.20 Å². The Morgan fingerprint density at radius 1 is 1.55 bits per heavy atom. The molecular formula is C10H14ClN5O4. The molecule has 0 saturated heterocycles. The molecule has 20 heavy (non-hydrogen) atoms. The van der Waals surface area contributed by atoms with Crippen LogP contribution in [-0.2, 0) is 9.63 Å². The number of hydrogen-bond acceptors (Lipinski definition) is 8. The number of carbonyl (C=O) groups is 1. The second-order valence-electron chi connectivity index (χ2n) is 4.87. The van der Waals surface area contributed by atoms with E-state index in [4.69, 9.17) is 16.4 Å².